The van der Waals surface area contributed by atoms with Crippen molar-refractivity contribution in [3.63, 3.8) is 0 Å². The van der Waals surface area contributed by atoms with E-state index in [1.54, 1.807) is 28.9 Å². The first-order chi connectivity index (χ1) is 10.1. The Kier molecular flexibility index (Phi) is 5.14. The van der Waals surface area contributed by atoms with Crippen molar-refractivity contribution >= 4 is 17.2 Å². The van der Waals surface area contributed by atoms with Gasteiger partial charge in [0.1, 0.15) is 0 Å². The number of aromatic nitrogens is 2. The largest absolute Gasteiger partial charge is 0.395 e. The van der Waals surface area contributed by atoms with Gasteiger partial charge in [-0.05, 0) is 6.07 Å². The first kappa shape index (κ1) is 15.3. The Morgan fingerprint density at radius 1 is 1.57 bits per heavy atom. The highest BCUT2D eigenvalue weighted by molar-refractivity contribution is 7.10. The minimum Gasteiger partial charge on any atom is -0.395 e. The molecule has 0 fully saturated rings. The summed E-state index contributed by atoms with van der Waals surface area (Å²) in [7, 11) is 3.62. The second-order valence-corrected chi connectivity index (χ2v) is 5.57. The number of aliphatic hydroxyl groups excluding tert-OH is 1. The fourth-order valence-electron chi connectivity index (χ4n) is 1.84. The number of hydrogen-bond acceptors (Lipinski definition) is 4. The van der Waals surface area contributed by atoms with Crippen molar-refractivity contribution in [2.45, 2.75) is 13.0 Å². The Balaban J connectivity index is 2.01. The third-order valence-electron chi connectivity index (χ3n) is 2.82. The lowest BCUT2D eigenvalue weighted by Gasteiger charge is -2.15. The van der Waals surface area contributed by atoms with Crippen LogP contribution in [0.1, 0.15) is 27.2 Å². The first-order valence-electron chi connectivity index (χ1n) is 6.51. The van der Waals surface area contributed by atoms with Crippen LogP contribution in [0.4, 0.5) is 0 Å². The third-order valence-corrected chi connectivity index (χ3v) is 3.67. The molecule has 0 aliphatic carbocycles. The van der Waals surface area contributed by atoms with E-state index in [-0.39, 0.29) is 12.5 Å². The topological polar surface area (TPSA) is 58.4 Å². The molecule has 0 saturated carbocycles. The molecule has 110 valence electrons. The minimum atomic E-state index is -0.0367. The molecule has 1 N–H and O–H groups in total. The highest BCUT2D eigenvalue weighted by Crippen LogP contribution is 2.16. The van der Waals surface area contributed by atoms with Crippen molar-refractivity contribution in [2.24, 2.45) is 7.05 Å². The molecule has 2 rings (SSSR count). The van der Waals surface area contributed by atoms with Gasteiger partial charge >= 0.3 is 0 Å². The number of rotatable bonds is 4. The van der Waals surface area contributed by atoms with E-state index in [9.17, 15) is 4.79 Å². The molecule has 2 aromatic rings. The summed E-state index contributed by atoms with van der Waals surface area (Å²) in [5.74, 6) is 5.75. The summed E-state index contributed by atoms with van der Waals surface area (Å²) in [6, 6.07) is 1.79. The predicted molar refractivity (Wildman–Crippen MR) is 81.9 cm³/mol. The third kappa shape index (κ3) is 4.18. The lowest BCUT2D eigenvalue weighted by atomic mass is 10.2. The second-order valence-electron chi connectivity index (χ2n) is 4.66. The fraction of sp³-hybridized carbons (Fsp3) is 0.333. The molecule has 0 aliphatic rings. The molecular formula is C15H17N3O2S. The minimum absolute atomic E-state index is 0.0367. The van der Waals surface area contributed by atoms with Crippen LogP contribution in [-0.2, 0) is 13.6 Å². The molecule has 0 atom stereocenters. The summed E-state index contributed by atoms with van der Waals surface area (Å²) in [5.41, 5.74) is 1.63. The lowest BCUT2D eigenvalue weighted by Crippen LogP contribution is -2.25. The maximum Gasteiger partial charge on any atom is 0.254 e. The van der Waals surface area contributed by atoms with Crippen molar-refractivity contribution in [3.8, 4) is 11.8 Å². The van der Waals surface area contributed by atoms with Gasteiger partial charge in [0.05, 0.1) is 23.2 Å². The number of aryl methyl sites for hydroxylation is 1. The van der Waals surface area contributed by atoms with Crippen LogP contribution in [0, 0.1) is 11.8 Å². The van der Waals surface area contributed by atoms with Gasteiger partial charge in [-0.2, -0.15) is 5.10 Å². The maximum atomic E-state index is 12.3. The van der Waals surface area contributed by atoms with Gasteiger partial charge in [0.2, 0.25) is 0 Å². The molecule has 21 heavy (non-hydrogen) atoms. The van der Waals surface area contributed by atoms with Crippen LogP contribution in [0.3, 0.4) is 0 Å². The van der Waals surface area contributed by atoms with E-state index in [4.69, 9.17) is 5.11 Å². The van der Waals surface area contributed by atoms with Crippen LogP contribution in [0.2, 0.25) is 0 Å². The highest BCUT2D eigenvalue weighted by Gasteiger charge is 2.14. The quantitative estimate of drug-likeness (QED) is 0.871. The summed E-state index contributed by atoms with van der Waals surface area (Å²) in [6.07, 6.45) is 4.09. The number of carbonyl (C=O) groups is 1. The Morgan fingerprint density at radius 3 is 3.05 bits per heavy atom. The Hall–Kier alpha value is -2.10. The van der Waals surface area contributed by atoms with E-state index in [1.807, 2.05) is 18.6 Å². The molecule has 0 spiro atoms. The van der Waals surface area contributed by atoms with Gasteiger partial charge in [-0.15, -0.1) is 11.3 Å². The van der Waals surface area contributed by atoms with Gasteiger partial charge in [-0.3, -0.25) is 9.48 Å². The molecule has 0 aromatic carbocycles. The molecule has 0 radical (unpaired) electrons. The van der Waals surface area contributed by atoms with Crippen LogP contribution in [0.5, 0.6) is 0 Å². The monoisotopic (exact) mass is 303 g/mol. The van der Waals surface area contributed by atoms with Crippen molar-refractivity contribution in [3.05, 3.63) is 39.8 Å². The molecule has 2 aromatic heterocycles. The normalized spacial score (nSPS) is 10.0. The molecule has 0 unspecified atom stereocenters. The van der Waals surface area contributed by atoms with Crippen LogP contribution in [0.25, 0.3) is 0 Å². The van der Waals surface area contributed by atoms with Crippen LogP contribution in [-0.4, -0.2) is 39.3 Å². The molecule has 5 nitrogen and oxygen atoms in total. The van der Waals surface area contributed by atoms with E-state index in [2.05, 4.69) is 16.9 Å². The van der Waals surface area contributed by atoms with Gasteiger partial charge in [-0.25, -0.2) is 0 Å². The maximum absolute atomic E-state index is 12.3. The molecule has 2 heterocycles. The summed E-state index contributed by atoms with van der Waals surface area (Å²) in [4.78, 5) is 14.8. The van der Waals surface area contributed by atoms with Crippen molar-refractivity contribution in [1.29, 1.82) is 0 Å². The fourth-order valence-corrected chi connectivity index (χ4v) is 2.59. The van der Waals surface area contributed by atoms with Gasteiger partial charge in [0.25, 0.3) is 5.91 Å². The summed E-state index contributed by atoms with van der Waals surface area (Å²) < 4.78 is 1.72. The average Bonchev–Trinajstić information content (AvgIpc) is 3.08. The van der Waals surface area contributed by atoms with Crippen molar-refractivity contribution in [2.75, 3.05) is 13.7 Å². The van der Waals surface area contributed by atoms with Gasteiger partial charge in [0.15, 0.2) is 0 Å². The molecule has 1 amide bonds. The van der Waals surface area contributed by atoms with Crippen molar-refractivity contribution < 1.29 is 9.90 Å². The van der Waals surface area contributed by atoms with Gasteiger partial charge in [0, 0.05) is 44.2 Å². The molecule has 6 heteroatoms. The van der Waals surface area contributed by atoms with Gasteiger partial charge < -0.3 is 10.0 Å². The molecule has 0 saturated heterocycles. The summed E-state index contributed by atoms with van der Waals surface area (Å²) in [5, 5.41) is 14.6. The SMILES string of the molecule is CN(Cc1cnn(C)c1)C(=O)c1csc(C#CCCO)c1. The lowest BCUT2D eigenvalue weighted by molar-refractivity contribution is 0.0785. The van der Waals surface area contributed by atoms with Crippen LogP contribution < -0.4 is 0 Å². The van der Waals surface area contributed by atoms with E-state index in [1.165, 1.54) is 11.3 Å². The molecule has 0 aliphatic heterocycles. The Morgan fingerprint density at radius 2 is 2.38 bits per heavy atom. The van der Waals surface area contributed by atoms with Crippen LogP contribution in [0.15, 0.2) is 23.8 Å². The number of nitrogens with zero attached hydrogens (tertiary/aromatic N) is 3. The number of amides is 1. The van der Waals surface area contributed by atoms with Gasteiger partial charge in [-0.1, -0.05) is 11.8 Å². The number of thiophene rings is 1. The van der Waals surface area contributed by atoms with E-state index in [0.717, 1.165) is 10.4 Å². The summed E-state index contributed by atoms with van der Waals surface area (Å²) in [6.45, 7) is 0.575. The number of hydrogen-bond donors (Lipinski definition) is 1. The number of carbonyl (C=O) groups excluding carboxylic acids is 1. The zero-order valence-corrected chi connectivity index (χ0v) is 12.9. The van der Waals surface area contributed by atoms with E-state index >= 15 is 0 Å². The predicted octanol–water partition coefficient (Wildman–Crippen LogP) is 1.49. The van der Waals surface area contributed by atoms with Crippen molar-refractivity contribution in [1.82, 2.24) is 14.7 Å². The molecular weight excluding hydrogens is 286 g/mol. The standard InChI is InChI=1S/C15H17N3O2S/c1-17(9-12-8-16-18(2)10-12)15(20)13-7-14(21-11-13)5-3-4-6-19/h7-8,10-11,19H,4,6,9H2,1-2H3. The second kappa shape index (κ2) is 7.07. The smallest absolute Gasteiger partial charge is 0.254 e. The number of aliphatic hydroxyl groups is 1. The molecule has 0 bridgehead atoms. The highest BCUT2D eigenvalue weighted by atomic mass is 32.1. The van der Waals surface area contributed by atoms with Crippen LogP contribution >= 0.6 is 11.3 Å². The Bertz CT molecular complexity index is 678. The first-order valence-corrected chi connectivity index (χ1v) is 7.39. The van der Waals surface area contributed by atoms with E-state index in [0.29, 0.717) is 18.5 Å². The average molecular weight is 303 g/mol. The Labute approximate surface area is 127 Å². The summed E-state index contributed by atoms with van der Waals surface area (Å²) >= 11 is 1.44. The zero-order valence-electron chi connectivity index (χ0n) is 12.0. The zero-order chi connectivity index (χ0) is 15.2. The van der Waals surface area contributed by atoms with E-state index < -0.39 is 0 Å².